The number of ether oxygens (including phenoxy) is 1. The second kappa shape index (κ2) is 5.76. The molecule has 13 heavy (non-hydrogen) atoms. The minimum absolute atomic E-state index is 0.392. The van der Waals surface area contributed by atoms with Gasteiger partial charge in [-0.1, -0.05) is 30.3 Å². The topological polar surface area (TPSA) is 9.23 Å². The van der Waals surface area contributed by atoms with Crippen molar-refractivity contribution in [3.63, 3.8) is 0 Å². The average molecular weight is 178 g/mol. The van der Waals surface area contributed by atoms with Gasteiger partial charge in [0.2, 0.25) is 0 Å². The van der Waals surface area contributed by atoms with Gasteiger partial charge in [0.15, 0.2) is 0 Å². The Balaban J connectivity index is 2.20. The van der Waals surface area contributed by atoms with Crippen molar-refractivity contribution >= 4 is 0 Å². The zero-order valence-electron chi connectivity index (χ0n) is 8.49. The molecule has 0 aliphatic carbocycles. The van der Waals surface area contributed by atoms with Gasteiger partial charge in [0.1, 0.15) is 0 Å². The van der Waals surface area contributed by atoms with E-state index in [-0.39, 0.29) is 0 Å². The van der Waals surface area contributed by atoms with Gasteiger partial charge in [-0.15, -0.1) is 0 Å². The van der Waals surface area contributed by atoms with E-state index in [1.807, 2.05) is 0 Å². The monoisotopic (exact) mass is 178 g/mol. The van der Waals surface area contributed by atoms with Gasteiger partial charge in [0, 0.05) is 7.11 Å². The first-order chi connectivity index (χ1) is 6.33. The lowest BCUT2D eigenvalue weighted by Gasteiger charge is -2.08. The molecule has 1 aromatic carbocycles. The SMILES string of the molecule is COC(C)CCCc1ccccc1. The van der Waals surface area contributed by atoms with Crippen molar-refractivity contribution in [3.8, 4) is 0 Å². The molecule has 0 fully saturated rings. The molecule has 1 aromatic rings. The molecule has 0 radical (unpaired) electrons. The molecule has 0 aliphatic rings. The van der Waals surface area contributed by atoms with Crippen LogP contribution in [-0.2, 0) is 11.2 Å². The van der Waals surface area contributed by atoms with Crippen molar-refractivity contribution in [2.45, 2.75) is 32.3 Å². The molecule has 0 aromatic heterocycles. The van der Waals surface area contributed by atoms with E-state index < -0.39 is 0 Å². The van der Waals surface area contributed by atoms with Gasteiger partial charge in [-0.2, -0.15) is 0 Å². The van der Waals surface area contributed by atoms with Crippen LogP contribution in [0, 0.1) is 0 Å². The van der Waals surface area contributed by atoms with Gasteiger partial charge in [-0.3, -0.25) is 0 Å². The van der Waals surface area contributed by atoms with E-state index in [2.05, 4.69) is 37.3 Å². The lowest BCUT2D eigenvalue weighted by atomic mass is 10.1. The fourth-order valence-corrected chi connectivity index (χ4v) is 1.36. The van der Waals surface area contributed by atoms with Crippen molar-refractivity contribution < 1.29 is 4.74 Å². The van der Waals surface area contributed by atoms with E-state index in [1.54, 1.807) is 7.11 Å². The number of hydrogen-bond acceptors (Lipinski definition) is 1. The van der Waals surface area contributed by atoms with E-state index in [0.29, 0.717) is 6.10 Å². The third kappa shape index (κ3) is 4.09. The fourth-order valence-electron chi connectivity index (χ4n) is 1.36. The molecule has 1 nitrogen and oxygen atoms in total. The molecule has 0 saturated heterocycles. The van der Waals surface area contributed by atoms with Gasteiger partial charge in [0.25, 0.3) is 0 Å². The van der Waals surface area contributed by atoms with E-state index in [9.17, 15) is 0 Å². The van der Waals surface area contributed by atoms with Gasteiger partial charge in [0.05, 0.1) is 6.10 Å². The maximum atomic E-state index is 5.19. The first-order valence-corrected chi connectivity index (χ1v) is 4.89. The Morgan fingerprint density at radius 1 is 1.23 bits per heavy atom. The second-order valence-electron chi connectivity index (χ2n) is 3.42. The summed E-state index contributed by atoms with van der Waals surface area (Å²) in [5, 5.41) is 0. The quantitative estimate of drug-likeness (QED) is 0.673. The zero-order chi connectivity index (χ0) is 9.52. The zero-order valence-corrected chi connectivity index (χ0v) is 8.49. The van der Waals surface area contributed by atoms with Crippen LogP contribution in [0.4, 0.5) is 0 Å². The number of aryl methyl sites for hydroxylation is 1. The summed E-state index contributed by atoms with van der Waals surface area (Å²) < 4.78 is 5.19. The normalized spacial score (nSPS) is 12.8. The highest BCUT2D eigenvalue weighted by Crippen LogP contribution is 2.07. The number of hydrogen-bond donors (Lipinski definition) is 0. The minimum atomic E-state index is 0.392. The van der Waals surface area contributed by atoms with E-state index in [0.717, 1.165) is 12.8 Å². The molecule has 0 N–H and O–H groups in total. The predicted octanol–water partition coefficient (Wildman–Crippen LogP) is 3.04. The van der Waals surface area contributed by atoms with Crippen molar-refractivity contribution in [1.29, 1.82) is 0 Å². The molecule has 0 saturated carbocycles. The van der Waals surface area contributed by atoms with Crippen LogP contribution >= 0.6 is 0 Å². The first kappa shape index (κ1) is 10.3. The summed E-state index contributed by atoms with van der Waals surface area (Å²) in [4.78, 5) is 0. The van der Waals surface area contributed by atoms with Crippen LogP contribution in [0.25, 0.3) is 0 Å². The van der Waals surface area contributed by atoms with E-state index >= 15 is 0 Å². The Labute approximate surface area is 80.7 Å². The van der Waals surface area contributed by atoms with Crippen molar-refractivity contribution in [2.24, 2.45) is 0 Å². The van der Waals surface area contributed by atoms with Crippen LogP contribution < -0.4 is 0 Å². The standard InChI is InChI=1S/C12H18O/c1-11(13-2)7-6-10-12-8-4-3-5-9-12/h3-5,8-9,11H,6-7,10H2,1-2H3. The molecule has 1 rings (SSSR count). The maximum Gasteiger partial charge on any atom is 0.0543 e. The predicted molar refractivity (Wildman–Crippen MR) is 55.9 cm³/mol. The van der Waals surface area contributed by atoms with Crippen LogP contribution in [0.3, 0.4) is 0 Å². The van der Waals surface area contributed by atoms with Crippen LogP contribution in [-0.4, -0.2) is 13.2 Å². The third-order valence-corrected chi connectivity index (χ3v) is 2.32. The Bertz CT molecular complexity index is 218. The first-order valence-electron chi connectivity index (χ1n) is 4.89. The molecule has 0 spiro atoms. The summed E-state index contributed by atoms with van der Waals surface area (Å²) in [6.45, 7) is 2.12. The molecular formula is C12H18O. The summed E-state index contributed by atoms with van der Waals surface area (Å²) in [5.74, 6) is 0. The van der Waals surface area contributed by atoms with Crippen molar-refractivity contribution in [3.05, 3.63) is 35.9 Å². The lowest BCUT2D eigenvalue weighted by Crippen LogP contribution is -2.04. The van der Waals surface area contributed by atoms with Gasteiger partial charge >= 0.3 is 0 Å². The van der Waals surface area contributed by atoms with Gasteiger partial charge < -0.3 is 4.74 Å². The molecule has 0 aliphatic heterocycles. The largest absolute Gasteiger partial charge is 0.382 e. The summed E-state index contributed by atoms with van der Waals surface area (Å²) in [5.41, 5.74) is 1.42. The summed E-state index contributed by atoms with van der Waals surface area (Å²) in [6, 6.07) is 10.6. The van der Waals surface area contributed by atoms with Crippen LogP contribution in [0.15, 0.2) is 30.3 Å². The number of benzene rings is 1. The van der Waals surface area contributed by atoms with Crippen molar-refractivity contribution in [1.82, 2.24) is 0 Å². The second-order valence-corrected chi connectivity index (χ2v) is 3.42. The molecule has 0 heterocycles. The Hall–Kier alpha value is -0.820. The molecule has 1 unspecified atom stereocenters. The van der Waals surface area contributed by atoms with Crippen molar-refractivity contribution in [2.75, 3.05) is 7.11 Å². The lowest BCUT2D eigenvalue weighted by molar-refractivity contribution is 0.109. The number of rotatable bonds is 5. The highest BCUT2D eigenvalue weighted by molar-refractivity contribution is 5.14. The molecular weight excluding hydrogens is 160 g/mol. The fraction of sp³-hybridized carbons (Fsp3) is 0.500. The molecule has 0 bridgehead atoms. The molecule has 72 valence electrons. The van der Waals surface area contributed by atoms with E-state index in [4.69, 9.17) is 4.74 Å². The van der Waals surface area contributed by atoms with E-state index in [1.165, 1.54) is 12.0 Å². The summed E-state index contributed by atoms with van der Waals surface area (Å²) in [7, 11) is 1.77. The molecule has 0 amide bonds. The van der Waals surface area contributed by atoms with Gasteiger partial charge in [-0.05, 0) is 31.7 Å². The Kier molecular flexibility index (Phi) is 4.55. The number of methoxy groups -OCH3 is 1. The van der Waals surface area contributed by atoms with Crippen LogP contribution in [0.2, 0.25) is 0 Å². The highest BCUT2D eigenvalue weighted by atomic mass is 16.5. The minimum Gasteiger partial charge on any atom is -0.382 e. The smallest absolute Gasteiger partial charge is 0.0543 e. The molecule has 1 heteroatoms. The summed E-state index contributed by atoms with van der Waals surface area (Å²) >= 11 is 0. The molecule has 1 atom stereocenters. The van der Waals surface area contributed by atoms with Crippen LogP contribution in [0.5, 0.6) is 0 Å². The highest BCUT2D eigenvalue weighted by Gasteiger charge is 1.98. The maximum absolute atomic E-state index is 5.19. The van der Waals surface area contributed by atoms with Crippen LogP contribution in [0.1, 0.15) is 25.3 Å². The third-order valence-electron chi connectivity index (χ3n) is 2.32. The van der Waals surface area contributed by atoms with Gasteiger partial charge in [-0.25, -0.2) is 0 Å². The Morgan fingerprint density at radius 3 is 2.54 bits per heavy atom. The summed E-state index contributed by atoms with van der Waals surface area (Å²) in [6.07, 6.45) is 3.91. The average Bonchev–Trinajstić information content (AvgIpc) is 2.19. The Morgan fingerprint density at radius 2 is 1.92 bits per heavy atom.